The Morgan fingerprint density at radius 1 is 1.06 bits per heavy atom. The van der Waals surface area contributed by atoms with Gasteiger partial charge in [-0.2, -0.15) is 0 Å². The summed E-state index contributed by atoms with van der Waals surface area (Å²) in [4.78, 5) is 4.45. The average Bonchev–Trinajstić information content (AvgIpc) is 2.86. The van der Waals surface area contributed by atoms with Crippen molar-refractivity contribution >= 4 is 38.2 Å². The molecule has 0 saturated carbocycles. The van der Waals surface area contributed by atoms with Gasteiger partial charge in [-0.25, -0.2) is 0 Å². The van der Waals surface area contributed by atoms with Gasteiger partial charge in [0.2, 0.25) is 0 Å². The lowest BCUT2D eigenvalue weighted by atomic mass is 10.1. The smallest absolute Gasteiger partial charge is 0.101 e. The number of nitrogens with zero attached hydrogens (tertiary/aromatic N) is 1. The number of hydrogen-bond acceptors (Lipinski definition) is 2. The Labute approximate surface area is 109 Å². The number of hydrogen-bond donors (Lipinski definition) is 1. The van der Waals surface area contributed by atoms with Crippen molar-refractivity contribution < 1.29 is 0 Å². The summed E-state index contributed by atoms with van der Waals surface area (Å²) in [6, 6.07) is 12.6. The van der Waals surface area contributed by atoms with E-state index in [2.05, 4.69) is 62.6 Å². The fraction of sp³-hybridized carbons (Fsp3) is 0.214. The molecule has 0 fully saturated rings. The van der Waals surface area contributed by atoms with Gasteiger partial charge in [0.15, 0.2) is 0 Å². The van der Waals surface area contributed by atoms with Crippen LogP contribution in [0.1, 0.15) is 12.8 Å². The van der Waals surface area contributed by atoms with Gasteiger partial charge in [-0.3, -0.25) is 4.99 Å². The van der Waals surface area contributed by atoms with E-state index < -0.39 is 0 Å². The second kappa shape index (κ2) is 4.49. The Bertz CT molecular complexity index is 590. The number of nitrogens with one attached hydrogen (secondary N) is 1. The van der Waals surface area contributed by atoms with E-state index >= 15 is 0 Å². The van der Waals surface area contributed by atoms with Crippen LogP contribution in [0.5, 0.6) is 0 Å². The van der Waals surface area contributed by atoms with Gasteiger partial charge in [-0.05, 0) is 23.9 Å². The van der Waals surface area contributed by atoms with Gasteiger partial charge in [0, 0.05) is 28.5 Å². The van der Waals surface area contributed by atoms with E-state index in [4.69, 9.17) is 0 Å². The molecule has 3 heteroatoms. The van der Waals surface area contributed by atoms with Gasteiger partial charge in [0.25, 0.3) is 0 Å². The first kappa shape index (κ1) is 10.8. The lowest BCUT2D eigenvalue weighted by molar-refractivity contribution is 0.951. The summed E-state index contributed by atoms with van der Waals surface area (Å²) in [5.74, 6) is 1.11. The van der Waals surface area contributed by atoms with Crippen molar-refractivity contribution in [2.75, 3.05) is 11.9 Å². The first-order valence-electron chi connectivity index (χ1n) is 5.82. The summed E-state index contributed by atoms with van der Waals surface area (Å²) < 4.78 is 1.13. The zero-order valence-corrected chi connectivity index (χ0v) is 11.0. The molecule has 2 aromatic carbocycles. The standard InChI is InChI=1S/C14H13BrN2/c15-12-7-8-13(17-14-6-3-9-16-14)11-5-2-1-4-10(11)12/h1-2,4-5,7-8H,3,6,9H2,(H,16,17). The molecule has 0 amide bonds. The normalized spacial score (nSPS) is 15.0. The predicted molar refractivity (Wildman–Crippen MR) is 76.8 cm³/mol. The molecular formula is C14H13BrN2. The third-order valence-electron chi connectivity index (χ3n) is 3.02. The molecule has 0 aromatic heterocycles. The third kappa shape index (κ3) is 2.07. The predicted octanol–water partition coefficient (Wildman–Crippen LogP) is 4.21. The lowest BCUT2D eigenvalue weighted by Crippen LogP contribution is -2.08. The van der Waals surface area contributed by atoms with Crippen molar-refractivity contribution in [3.63, 3.8) is 0 Å². The first-order chi connectivity index (χ1) is 8.34. The highest BCUT2D eigenvalue weighted by molar-refractivity contribution is 9.10. The minimum atomic E-state index is 0.955. The second-order valence-electron chi connectivity index (χ2n) is 4.20. The molecule has 3 rings (SSSR count). The van der Waals surface area contributed by atoms with Crippen molar-refractivity contribution in [3.8, 4) is 0 Å². The molecule has 0 aliphatic carbocycles. The van der Waals surface area contributed by atoms with Crippen LogP contribution in [-0.2, 0) is 0 Å². The Kier molecular flexibility index (Phi) is 2.85. The number of benzene rings is 2. The topological polar surface area (TPSA) is 24.4 Å². The number of aliphatic imine (C=N–C) groups is 1. The summed E-state index contributed by atoms with van der Waals surface area (Å²) in [5.41, 5.74) is 1.14. The van der Waals surface area contributed by atoms with Crippen LogP contribution in [0.4, 0.5) is 5.69 Å². The molecule has 0 unspecified atom stereocenters. The van der Waals surface area contributed by atoms with Crippen molar-refractivity contribution in [2.24, 2.45) is 4.99 Å². The molecule has 1 heterocycles. The van der Waals surface area contributed by atoms with E-state index in [1.54, 1.807) is 0 Å². The largest absolute Gasteiger partial charge is 0.344 e. The van der Waals surface area contributed by atoms with E-state index in [0.29, 0.717) is 0 Å². The molecule has 86 valence electrons. The van der Waals surface area contributed by atoms with Crippen LogP contribution in [0.2, 0.25) is 0 Å². The Balaban J connectivity index is 2.07. The van der Waals surface area contributed by atoms with Crippen LogP contribution < -0.4 is 5.32 Å². The minimum absolute atomic E-state index is 0.955. The van der Waals surface area contributed by atoms with Crippen LogP contribution in [0.15, 0.2) is 45.9 Å². The summed E-state index contributed by atoms with van der Waals surface area (Å²) >= 11 is 3.59. The van der Waals surface area contributed by atoms with E-state index in [1.165, 1.54) is 10.8 Å². The van der Waals surface area contributed by atoms with Gasteiger partial charge < -0.3 is 5.32 Å². The number of anilines is 1. The average molecular weight is 289 g/mol. The molecule has 1 aliphatic heterocycles. The van der Waals surface area contributed by atoms with Gasteiger partial charge in [0.05, 0.1) is 0 Å². The molecule has 0 saturated heterocycles. The summed E-state index contributed by atoms with van der Waals surface area (Å²) in [5, 5.41) is 5.91. The number of halogens is 1. The molecule has 0 spiro atoms. The summed E-state index contributed by atoms with van der Waals surface area (Å²) in [6.07, 6.45) is 2.22. The van der Waals surface area contributed by atoms with E-state index in [-0.39, 0.29) is 0 Å². The SMILES string of the molecule is Brc1ccc(NC2=NCCC2)c2ccccc12. The van der Waals surface area contributed by atoms with E-state index in [9.17, 15) is 0 Å². The minimum Gasteiger partial charge on any atom is -0.344 e. The zero-order chi connectivity index (χ0) is 11.7. The Morgan fingerprint density at radius 3 is 2.65 bits per heavy atom. The fourth-order valence-corrected chi connectivity index (χ4v) is 2.65. The molecule has 1 aliphatic rings. The van der Waals surface area contributed by atoms with Crippen LogP contribution >= 0.6 is 15.9 Å². The molecule has 2 aromatic rings. The highest BCUT2D eigenvalue weighted by atomic mass is 79.9. The van der Waals surface area contributed by atoms with Gasteiger partial charge >= 0.3 is 0 Å². The monoisotopic (exact) mass is 288 g/mol. The quantitative estimate of drug-likeness (QED) is 0.835. The molecule has 0 atom stereocenters. The fourth-order valence-electron chi connectivity index (χ4n) is 2.17. The van der Waals surface area contributed by atoms with Crippen molar-refractivity contribution in [1.82, 2.24) is 0 Å². The van der Waals surface area contributed by atoms with Crippen LogP contribution in [0.3, 0.4) is 0 Å². The van der Waals surface area contributed by atoms with Crippen molar-refractivity contribution in [3.05, 3.63) is 40.9 Å². The van der Waals surface area contributed by atoms with Crippen molar-refractivity contribution in [1.29, 1.82) is 0 Å². The lowest BCUT2D eigenvalue weighted by Gasteiger charge is -2.10. The maximum absolute atomic E-state index is 4.45. The number of fused-ring (bicyclic) bond motifs is 1. The Morgan fingerprint density at radius 2 is 1.88 bits per heavy atom. The van der Waals surface area contributed by atoms with Crippen LogP contribution in [-0.4, -0.2) is 12.4 Å². The van der Waals surface area contributed by atoms with Crippen molar-refractivity contribution in [2.45, 2.75) is 12.8 Å². The highest BCUT2D eigenvalue weighted by Crippen LogP contribution is 2.30. The second-order valence-corrected chi connectivity index (χ2v) is 5.05. The van der Waals surface area contributed by atoms with Crippen LogP contribution in [0.25, 0.3) is 10.8 Å². The number of amidine groups is 1. The molecule has 0 radical (unpaired) electrons. The maximum atomic E-state index is 4.45. The van der Waals surface area contributed by atoms with Gasteiger partial charge in [-0.1, -0.05) is 40.2 Å². The van der Waals surface area contributed by atoms with E-state index in [0.717, 1.165) is 35.4 Å². The Hall–Kier alpha value is -1.35. The molecule has 0 bridgehead atoms. The summed E-state index contributed by atoms with van der Waals surface area (Å²) in [7, 11) is 0. The molecule has 1 N–H and O–H groups in total. The number of rotatable bonds is 1. The zero-order valence-electron chi connectivity index (χ0n) is 9.41. The van der Waals surface area contributed by atoms with Crippen LogP contribution in [0, 0.1) is 0 Å². The summed E-state index contributed by atoms with van der Waals surface area (Å²) in [6.45, 7) is 0.955. The molecule has 2 nitrogen and oxygen atoms in total. The van der Waals surface area contributed by atoms with Gasteiger partial charge in [-0.15, -0.1) is 0 Å². The molecule has 17 heavy (non-hydrogen) atoms. The first-order valence-corrected chi connectivity index (χ1v) is 6.61. The molecular weight excluding hydrogens is 276 g/mol. The van der Waals surface area contributed by atoms with Gasteiger partial charge in [0.1, 0.15) is 5.84 Å². The highest BCUT2D eigenvalue weighted by Gasteiger charge is 2.09. The maximum Gasteiger partial charge on any atom is 0.101 e. The third-order valence-corrected chi connectivity index (χ3v) is 3.72. The van der Waals surface area contributed by atoms with E-state index in [1.807, 2.05) is 0 Å².